The van der Waals surface area contributed by atoms with E-state index in [2.05, 4.69) is 15.9 Å². The minimum atomic E-state index is -0.799. The number of ether oxygens (including phenoxy) is 2. The lowest BCUT2D eigenvalue weighted by Gasteiger charge is -2.18. The number of nitrogens with zero attached hydrogens (tertiary/aromatic N) is 1. The maximum Gasteiger partial charge on any atom is 0.347 e. The first-order valence-corrected chi connectivity index (χ1v) is 8.03. The average molecular weight is 394 g/mol. The van der Waals surface area contributed by atoms with Crippen LogP contribution >= 0.6 is 15.9 Å². The topological polar surface area (TPSA) is 78.7 Å². The number of hydrogen-bond donors (Lipinski definition) is 0. The van der Waals surface area contributed by atoms with Gasteiger partial charge in [0.2, 0.25) is 0 Å². The lowest BCUT2D eigenvalue weighted by Crippen LogP contribution is -2.27. The van der Waals surface area contributed by atoms with E-state index in [0.29, 0.717) is 11.3 Å². The molecule has 0 heterocycles. The van der Waals surface area contributed by atoms with Crippen LogP contribution in [-0.4, -0.2) is 17.0 Å². The molecule has 0 radical (unpaired) electrons. The number of hydrogen-bond acceptors (Lipinski definition) is 5. The van der Waals surface area contributed by atoms with E-state index in [0.717, 1.165) is 4.47 Å². The molecule has 0 fully saturated rings. The molecule has 0 bridgehead atoms. The van der Waals surface area contributed by atoms with Crippen LogP contribution in [0.1, 0.15) is 25.5 Å². The van der Waals surface area contributed by atoms with Crippen LogP contribution in [0.25, 0.3) is 0 Å². The maximum atomic E-state index is 12.1. The van der Waals surface area contributed by atoms with E-state index in [4.69, 9.17) is 9.47 Å². The summed E-state index contributed by atoms with van der Waals surface area (Å²) in [7, 11) is 0. The van der Waals surface area contributed by atoms with E-state index in [9.17, 15) is 14.9 Å². The smallest absolute Gasteiger partial charge is 0.347 e. The second-order valence-corrected chi connectivity index (χ2v) is 6.06. The molecular formula is C17H16BrNO5. The first-order valence-electron chi connectivity index (χ1n) is 7.24. The van der Waals surface area contributed by atoms with Crippen molar-refractivity contribution in [2.45, 2.75) is 26.1 Å². The molecule has 2 aromatic rings. The lowest BCUT2D eigenvalue weighted by atomic mass is 10.1. The third-order valence-corrected chi connectivity index (χ3v) is 3.83. The first-order chi connectivity index (χ1) is 11.4. The highest BCUT2D eigenvalue weighted by Gasteiger charge is 2.21. The van der Waals surface area contributed by atoms with Crippen molar-refractivity contribution in [3.63, 3.8) is 0 Å². The van der Waals surface area contributed by atoms with Gasteiger partial charge in [-0.25, -0.2) is 4.79 Å². The minimum Gasteiger partial charge on any atom is -0.479 e. The Balaban J connectivity index is 1.98. The fraction of sp³-hybridized carbons (Fsp3) is 0.235. The van der Waals surface area contributed by atoms with E-state index in [1.165, 1.54) is 12.1 Å². The fourth-order valence-electron chi connectivity index (χ4n) is 1.99. The largest absolute Gasteiger partial charge is 0.479 e. The molecule has 0 aliphatic rings. The maximum absolute atomic E-state index is 12.1. The van der Waals surface area contributed by atoms with Crippen molar-refractivity contribution in [2.24, 2.45) is 0 Å². The van der Waals surface area contributed by atoms with Gasteiger partial charge in [-0.15, -0.1) is 0 Å². The van der Waals surface area contributed by atoms with E-state index in [-0.39, 0.29) is 5.69 Å². The lowest BCUT2D eigenvalue weighted by molar-refractivity contribution is -0.385. The number of halogens is 1. The highest BCUT2D eigenvalue weighted by molar-refractivity contribution is 9.10. The minimum absolute atomic E-state index is 0.0467. The third-order valence-electron chi connectivity index (χ3n) is 3.30. The van der Waals surface area contributed by atoms with Gasteiger partial charge in [-0.1, -0.05) is 28.1 Å². The van der Waals surface area contributed by atoms with Gasteiger partial charge in [-0.05, 0) is 43.7 Å². The van der Waals surface area contributed by atoms with Gasteiger partial charge in [0, 0.05) is 16.6 Å². The molecule has 0 aliphatic heterocycles. The average Bonchev–Trinajstić information content (AvgIpc) is 2.56. The number of nitro benzene ring substituents is 1. The van der Waals surface area contributed by atoms with E-state index >= 15 is 0 Å². The molecule has 2 aromatic carbocycles. The normalized spacial score (nSPS) is 13.0. The molecule has 0 unspecified atom stereocenters. The Morgan fingerprint density at radius 3 is 2.46 bits per heavy atom. The van der Waals surface area contributed by atoms with Gasteiger partial charge in [0.25, 0.3) is 5.69 Å². The molecule has 6 nitrogen and oxygen atoms in total. The summed E-state index contributed by atoms with van der Waals surface area (Å²) in [6.07, 6.45) is -1.42. The monoisotopic (exact) mass is 393 g/mol. The molecule has 0 N–H and O–H groups in total. The highest BCUT2D eigenvalue weighted by atomic mass is 79.9. The summed E-state index contributed by atoms with van der Waals surface area (Å²) in [5.41, 5.74) is 0.503. The van der Waals surface area contributed by atoms with Gasteiger partial charge in [-0.2, -0.15) is 0 Å². The quantitative estimate of drug-likeness (QED) is 0.412. The van der Waals surface area contributed by atoms with Gasteiger partial charge in [0.05, 0.1) is 4.92 Å². The summed E-state index contributed by atoms with van der Waals surface area (Å²) in [4.78, 5) is 22.4. The van der Waals surface area contributed by atoms with Crippen molar-refractivity contribution in [3.05, 3.63) is 68.7 Å². The Morgan fingerprint density at radius 1 is 1.17 bits per heavy atom. The molecule has 0 spiro atoms. The van der Waals surface area contributed by atoms with Crippen molar-refractivity contribution >= 4 is 27.6 Å². The van der Waals surface area contributed by atoms with Gasteiger partial charge in [0.15, 0.2) is 6.10 Å². The predicted octanol–water partition coefficient (Wildman–Crippen LogP) is 4.43. The molecule has 0 saturated carbocycles. The van der Waals surface area contributed by atoms with Crippen LogP contribution in [0.4, 0.5) is 5.69 Å². The summed E-state index contributed by atoms with van der Waals surface area (Å²) in [5.74, 6) is 0.00239. The number of esters is 1. The SMILES string of the molecule is C[C@@H](Oc1ccc(Br)cc1)C(=O)O[C@H](C)c1cccc([N+](=O)[O-])c1. The van der Waals surface area contributed by atoms with Gasteiger partial charge in [0.1, 0.15) is 11.9 Å². The summed E-state index contributed by atoms with van der Waals surface area (Å²) in [6.45, 7) is 3.24. The second kappa shape index (κ2) is 7.92. The molecule has 0 amide bonds. The van der Waals surface area contributed by atoms with E-state index < -0.39 is 23.1 Å². The Labute approximate surface area is 147 Å². The van der Waals surface area contributed by atoms with Crippen LogP contribution < -0.4 is 4.74 Å². The summed E-state index contributed by atoms with van der Waals surface area (Å²) >= 11 is 3.32. The van der Waals surface area contributed by atoms with Gasteiger partial charge in [-0.3, -0.25) is 10.1 Å². The highest BCUT2D eigenvalue weighted by Crippen LogP contribution is 2.23. The molecule has 7 heteroatoms. The summed E-state index contributed by atoms with van der Waals surface area (Å²) in [6, 6.07) is 13.1. The van der Waals surface area contributed by atoms with Crippen LogP contribution in [0.5, 0.6) is 5.75 Å². The van der Waals surface area contributed by atoms with E-state index in [1.54, 1.807) is 50.2 Å². The van der Waals surface area contributed by atoms with Crippen molar-refractivity contribution < 1.29 is 19.2 Å². The molecule has 24 heavy (non-hydrogen) atoms. The Hall–Kier alpha value is -2.41. The molecule has 0 saturated heterocycles. The standard InChI is InChI=1S/C17H16BrNO5/c1-11(13-4-3-5-15(10-13)19(21)22)24-17(20)12(2)23-16-8-6-14(18)7-9-16/h3-12H,1-2H3/t11-,12-/m1/s1. The number of benzene rings is 2. The first kappa shape index (κ1) is 17.9. The second-order valence-electron chi connectivity index (χ2n) is 5.15. The molecular weight excluding hydrogens is 378 g/mol. The number of carbonyl (C=O) groups is 1. The summed E-state index contributed by atoms with van der Waals surface area (Å²) < 4.78 is 11.8. The zero-order valence-electron chi connectivity index (χ0n) is 13.1. The number of rotatable bonds is 6. The molecule has 126 valence electrons. The molecule has 2 rings (SSSR count). The third kappa shape index (κ3) is 4.79. The zero-order chi connectivity index (χ0) is 17.7. The van der Waals surface area contributed by atoms with Gasteiger partial charge < -0.3 is 9.47 Å². The van der Waals surface area contributed by atoms with Crippen molar-refractivity contribution in [3.8, 4) is 5.75 Å². The Bertz CT molecular complexity index is 732. The fourth-order valence-corrected chi connectivity index (χ4v) is 2.26. The molecule has 0 aromatic heterocycles. The summed E-state index contributed by atoms with van der Waals surface area (Å²) in [5, 5.41) is 10.8. The van der Waals surface area contributed by atoms with Crippen LogP contribution in [0.15, 0.2) is 53.0 Å². The van der Waals surface area contributed by atoms with Crippen LogP contribution in [-0.2, 0) is 9.53 Å². The van der Waals surface area contributed by atoms with Crippen molar-refractivity contribution in [1.82, 2.24) is 0 Å². The van der Waals surface area contributed by atoms with Crippen molar-refractivity contribution in [1.29, 1.82) is 0 Å². The van der Waals surface area contributed by atoms with E-state index in [1.807, 2.05) is 0 Å². The van der Waals surface area contributed by atoms with Crippen LogP contribution in [0.2, 0.25) is 0 Å². The zero-order valence-corrected chi connectivity index (χ0v) is 14.7. The predicted molar refractivity (Wildman–Crippen MR) is 91.8 cm³/mol. The number of non-ortho nitro benzene ring substituents is 1. The van der Waals surface area contributed by atoms with Gasteiger partial charge >= 0.3 is 5.97 Å². The number of nitro groups is 1. The van der Waals surface area contributed by atoms with Crippen LogP contribution in [0, 0.1) is 10.1 Å². The Morgan fingerprint density at radius 2 is 1.83 bits per heavy atom. The molecule has 0 aliphatic carbocycles. The van der Waals surface area contributed by atoms with Crippen LogP contribution in [0.3, 0.4) is 0 Å². The number of carbonyl (C=O) groups excluding carboxylic acids is 1. The van der Waals surface area contributed by atoms with Crippen molar-refractivity contribution in [2.75, 3.05) is 0 Å². The molecule has 2 atom stereocenters. The Kier molecular flexibility index (Phi) is 5.92.